The second-order valence-electron chi connectivity index (χ2n) is 2.98. The van der Waals surface area contributed by atoms with Gasteiger partial charge in [-0.3, -0.25) is 10.1 Å². The molecule has 1 N–H and O–H groups in total. The summed E-state index contributed by atoms with van der Waals surface area (Å²) in [6, 6.07) is -0.0680. The fourth-order valence-electron chi connectivity index (χ4n) is 1.55. The third-order valence-corrected chi connectivity index (χ3v) is 3.25. The van der Waals surface area contributed by atoms with E-state index in [0.29, 0.717) is 6.42 Å². The first-order valence-electron chi connectivity index (χ1n) is 3.95. The Kier molecular flexibility index (Phi) is 1.96. The lowest BCUT2D eigenvalue weighted by atomic mass is 10.1. The molecule has 0 spiro atoms. The number of rotatable bonds is 0. The Hall–Kier alpha value is -0.710. The molecule has 66 valence electrons. The first kappa shape index (κ1) is 7.91. The molecule has 0 aromatic heterocycles. The largest absolute Gasteiger partial charge is 0.324 e. The van der Waals surface area contributed by atoms with Crippen LogP contribution in [-0.2, 0) is 4.79 Å². The molecule has 0 saturated carbocycles. The average Bonchev–Trinajstić information content (AvgIpc) is 2.04. The van der Waals surface area contributed by atoms with Gasteiger partial charge in [-0.05, 0) is 0 Å². The third kappa shape index (κ3) is 1.29. The minimum Gasteiger partial charge on any atom is -0.319 e. The molecule has 2 fully saturated rings. The van der Waals surface area contributed by atoms with Gasteiger partial charge < -0.3 is 4.90 Å². The van der Waals surface area contributed by atoms with E-state index >= 15 is 0 Å². The van der Waals surface area contributed by atoms with Crippen LogP contribution in [0.15, 0.2) is 0 Å². The molecule has 2 aliphatic rings. The maximum atomic E-state index is 11.2. The minimum atomic E-state index is -0.212. The third-order valence-electron chi connectivity index (χ3n) is 2.16. The smallest absolute Gasteiger partial charge is 0.319 e. The number of fused-ring (bicyclic) bond motifs is 1. The van der Waals surface area contributed by atoms with Crippen LogP contribution in [0.5, 0.6) is 0 Å². The average molecular weight is 186 g/mol. The van der Waals surface area contributed by atoms with E-state index in [2.05, 4.69) is 5.32 Å². The van der Waals surface area contributed by atoms with E-state index < -0.39 is 0 Å². The fourth-order valence-corrected chi connectivity index (χ4v) is 2.61. The Morgan fingerprint density at radius 1 is 1.50 bits per heavy atom. The Balaban J connectivity index is 2.11. The van der Waals surface area contributed by atoms with Crippen LogP contribution in [0.25, 0.3) is 0 Å². The Labute approximate surface area is 74.7 Å². The first-order chi connectivity index (χ1) is 5.77. The summed E-state index contributed by atoms with van der Waals surface area (Å²) in [6.45, 7) is 0.772. The highest BCUT2D eigenvalue weighted by atomic mass is 32.2. The summed E-state index contributed by atoms with van der Waals surface area (Å²) in [5, 5.41) is 2.32. The standard InChI is InChI=1S/C7H10N2O2S/c10-6-3-5-4-12-2-1-9(5)7(11)8-6/h5H,1-4H2,(H,8,10,11). The number of carbonyl (C=O) groups excluding carboxylic acids is 2. The van der Waals surface area contributed by atoms with E-state index in [-0.39, 0.29) is 18.0 Å². The number of hydrogen-bond acceptors (Lipinski definition) is 3. The van der Waals surface area contributed by atoms with Crippen molar-refractivity contribution >= 4 is 23.7 Å². The van der Waals surface area contributed by atoms with Gasteiger partial charge in [-0.15, -0.1) is 0 Å². The zero-order valence-corrected chi connectivity index (χ0v) is 7.39. The van der Waals surface area contributed by atoms with E-state index in [9.17, 15) is 9.59 Å². The van der Waals surface area contributed by atoms with Gasteiger partial charge in [0.25, 0.3) is 0 Å². The molecule has 12 heavy (non-hydrogen) atoms. The summed E-state index contributed by atoms with van der Waals surface area (Å²) in [5.74, 6) is 1.75. The lowest BCUT2D eigenvalue weighted by molar-refractivity contribution is -0.122. The highest BCUT2D eigenvalue weighted by Crippen LogP contribution is 2.21. The molecule has 5 heteroatoms. The van der Waals surface area contributed by atoms with Crippen molar-refractivity contribution in [2.45, 2.75) is 12.5 Å². The van der Waals surface area contributed by atoms with Gasteiger partial charge in [0.15, 0.2) is 0 Å². The molecule has 2 saturated heterocycles. The summed E-state index contributed by atoms with van der Waals surface area (Å²) in [6.07, 6.45) is 0.471. The van der Waals surface area contributed by atoms with Crippen molar-refractivity contribution in [1.82, 2.24) is 10.2 Å². The summed E-state index contributed by atoms with van der Waals surface area (Å²) >= 11 is 1.81. The fraction of sp³-hybridized carbons (Fsp3) is 0.714. The summed E-state index contributed by atoms with van der Waals surface area (Å²) < 4.78 is 0. The molecule has 1 atom stereocenters. The molecule has 2 heterocycles. The Morgan fingerprint density at radius 2 is 2.33 bits per heavy atom. The Bertz CT molecular complexity index is 231. The topological polar surface area (TPSA) is 49.4 Å². The van der Waals surface area contributed by atoms with E-state index in [1.807, 2.05) is 11.8 Å². The van der Waals surface area contributed by atoms with E-state index in [0.717, 1.165) is 18.1 Å². The highest BCUT2D eigenvalue weighted by molar-refractivity contribution is 7.99. The van der Waals surface area contributed by atoms with Crippen LogP contribution < -0.4 is 5.32 Å². The van der Waals surface area contributed by atoms with Crippen molar-refractivity contribution in [3.63, 3.8) is 0 Å². The SMILES string of the molecule is O=C1CC2CSCCN2C(=O)N1. The van der Waals surface area contributed by atoms with Gasteiger partial charge >= 0.3 is 6.03 Å². The van der Waals surface area contributed by atoms with Crippen molar-refractivity contribution in [2.75, 3.05) is 18.1 Å². The lowest BCUT2D eigenvalue weighted by Gasteiger charge is -2.37. The van der Waals surface area contributed by atoms with Crippen molar-refractivity contribution in [2.24, 2.45) is 0 Å². The van der Waals surface area contributed by atoms with E-state index in [1.165, 1.54) is 0 Å². The maximum Gasteiger partial charge on any atom is 0.324 e. The molecule has 2 aliphatic heterocycles. The van der Waals surface area contributed by atoms with Crippen molar-refractivity contribution in [1.29, 1.82) is 0 Å². The molecule has 0 aliphatic carbocycles. The minimum absolute atomic E-state index is 0.135. The highest BCUT2D eigenvalue weighted by Gasteiger charge is 2.33. The molecule has 3 amide bonds. The second-order valence-corrected chi connectivity index (χ2v) is 4.13. The van der Waals surface area contributed by atoms with Crippen molar-refractivity contribution in [3.05, 3.63) is 0 Å². The predicted molar refractivity (Wildman–Crippen MR) is 46.0 cm³/mol. The van der Waals surface area contributed by atoms with Gasteiger partial charge in [0.05, 0.1) is 6.04 Å². The Morgan fingerprint density at radius 3 is 3.17 bits per heavy atom. The number of thioether (sulfide) groups is 1. The molecule has 4 nitrogen and oxygen atoms in total. The van der Waals surface area contributed by atoms with Gasteiger partial charge in [-0.2, -0.15) is 11.8 Å². The molecule has 0 aromatic carbocycles. The number of hydrogen-bond donors (Lipinski definition) is 1. The van der Waals surface area contributed by atoms with Crippen LogP contribution in [0.4, 0.5) is 4.79 Å². The van der Waals surface area contributed by atoms with Crippen LogP contribution in [0, 0.1) is 0 Å². The first-order valence-corrected chi connectivity index (χ1v) is 5.11. The molecular formula is C7H10N2O2S. The number of nitrogens with zero attached hydrogens (tertiary/aromatic N) is 1. The zero-order chi connectivity index (χ0) is 8.55. The lowest BCUT2D eigenvalue weighted by Crippen LogP contribution is -2.57. The zero-order valence-electron chi connectivity index (χ0n) is 6.58. The van der Waals surface area contributed by atoms with Gasteiger partial charge in [-0.1, -0.05) is 0 Å². The predicted octanol–water partition coefficient (Wildman–Crippen LogP) is 0.0437. The van der Waals surface area contributed by atoms with E-state index in [1.54, 1.807) is 4.90 Å². The monoisotopic (exact) mass is 186 g/mol. The van der Waals surface area contributed by atoms with E-state index in [4.69, 9.17) is 0 Å². The molecule has 0 radical (unpaired) electrons. The van der Waals surface area contributed by atoms with Gasteiger partial charge in [-0.25, -0.2) is 4.79 Å². The van der Waals surface area contributed by atoms with Crippen LogP contribution in [0.2, 0.25) is 0 Å². The summed E-state index contributed by atoms with van der Waals surface area (Å²) in [5.41, 5.74) is 0. The van der Waals surface area contributed by atoms with Crippen LogP contribution in [0.3, 0.4) is 0 Å². The normalized spacial score (nSPS) is 29.7. The number of urea groups is 1. The molecule has 2 rings (SSSR count). The number of amides is 3. The number of nitrogens with one attached hydrogen (secondary N) is 1. The van der Waals surface area contributed by atoms with Gasteiger partial charge in [0.1, 0.15) is 0 Å². The van der Waals surface area contributed by atoms with Gasteiger partial charge in [0, 0.05) is 24.5 Å². The van der Waals surface area contributed by atoms with Crippen LogP contribution in [0.1, 0.15) is 6.42 Å². The molecule has 1 unspecified atom stereocenters. The van der Waals surface area contributed by atoms with Crippen molar-refractivity contribution < 1.29 is 9.59 Å². The summed E-state index contributed by atoms with van der Waals surface area (Å²) in [7, 11) is 0. The molecule has 0 aromatic rings. The molecular weight excluding hydrogens is 176 g/mol. The van der Waals surface area contributed by atoms with Crippen molar-refractivity contribution in [3.8, 4) is 0 Å². The summed E-state index contributed by atoms with van der Waals surface area (Å²) in [4.78, 5) is 23.9. The van der Waals surface area contributed by atoms with Crippen LogP contribution in [-0.4, -0.2) is 40.9 Å². The number of imide groups is 1. The second kappa shape index (κ2) is 2.97. The quantitative estimate of drug-likeness (QED) is 0.581. The maximum absolute atomic E-state index is 11.2. The van der Waals surface area contributed by atoms with Gasteiger partial charge in [0.2, 0.25) is 5.91 Å². The van der Waals surface area contributed by atoms with Crippen LogP contribution >= 0.6 is 11.8 Å². The number of carbonyl (C=O) groups is 2. The molecule has 0 bridgehead atoms.